The molecule has 3 nitrogen and oxygen atoms in total. The van der Waals surface area contributed by atoms with E-state index >= 15 is 0 Å². The summed E-state index contributed by atoms with van der Waals surface area (Å²) < 4.78 is 82.3. The van der Waals surface area contributed by atoms with E-state index in [1.165, 1.54) is 24.3 Å². The Kier molecular flexibility index (Phi) is 4.95. The Labute approximate surface area is 162 Å². The van der Waals surface area contributed by atoms with Gasteiger partial charge >= 0.3 is 6.18 Å². The average Bonchev–Trinajstić information content (AvgIpc) is 2.58. The molecule has 0 N–H and O–H groups in total. The van der Waals surface area contributed by atoms with Gasteiger partial charge in [0.15, 0.2) is 23.2 Å². The lowest BCUT2D eigenvalue weighted by Gasteiger charge is -2.37. The van der Waals surface area contributed by atoms with Gasteiger partial charge < -0.3 is 0 Å². The third kappa shape index (κ3) is 3.42. The third-order valence-electron chi connectivity index (χ3n) is 4.06. The molecule has 2 aromatic rings. The van der Waals surface area contributed by atoms with Gasteiger partial charge in [0.1, 0.15) is 6.04 Å². The summed E-state index contributed by atoms with van der Waals surface area (Å²) in [5, 5.41) is 0. The summed E-state index contributed by atoms with van der Waals surface area (Å²) in [6.45, 7) is 0. The summed E-state index contributed by atoms with van der Waals surface area (Å²) in [5.41, 5.74) is -2.21. The lowest BCUT2D eigenvalue weighted by molar-refractivity contribution is -0.147. The molecule has 3 rings (SSSR count). The number of carbonyl (C=O) groups is 2. The van der Waals surface area contributed by atoms with E-state index in [0.29, 0.717) is 3.57 Å². The molecule has 2 aromatic carbocycles. The van der Waals surface area contributed by atoms with Crippen LogP contribution in [0.4, 0.5) is 32.0 Å². The number of amides is 1. The molecule has 0 saturated carbocycles. The van der Waals surface area contributed by atoms with Gasteiger partial charge in [0.25, 0.3) is 5.91 Å². The van der Waals surface area contributed by atoms with Crippen molar-refractivity contribution in [2.45, 2.75) is 18.6 Å². The topological polar surface area (TPSA) is 37.4 Å². The van der Waals surface area contributed by atoms with Gasteiger partial charge in [0.05, 0.1) is 11.3 Å². The summed E-state index contributed by atoms with van der Waals surface area (Å²) in [6.07, 6.45) is -6.35. The van der Waals surface area contributed by atoms with E-state index in [0.717, 1.165) is 0 Å². The maximum atomic E-state index is 14.1. The van der Waals surface area contributed by atoms with E-state index < -0.39 is 59.0 Å². The van der Waals surface area contributed by atoms with Gasteiger partial charge in [0, 0.05) is 21.6 Å². The zero-order chi connectivity index (χ0) is 20.1. The van der Waals surface area contributed by atoms with Gasteiger partial charge in [-0.05, 0) is 46.9 Å². The highest BCUT2D eigenvalue weighted by atomic mass is 127. The van der Waals surface area contributed by atoms with Crippen LogP contribution in [0.5, 0.6) is 0 Å². The maximum absolute atomic E-state index is 14.1. The molecule has 1 aliphatic rings. The molecule has 0 saturated heterocycles. The van der Waals surface area contributed by atoms with Crippen molar-refractivity contribution in [2.24, 2.45) is 0 Å². The molecule has 1 aliphatic heterocycles. The van der Waals surface area contributed by atoms with Crippen molar-refractivity contribution in [1.29, 1.82) is 0 Å². The van der Waals surface area contributed by atoms with Gasteiger partial charge in [-0.1, -0.05) is 0 Å². The van der Waals surface area contributed by atoms with Crippen molar-refractivity contribution in [3.63, 3.8) is 0 Å². The molecule has 10 heteroatoms. The molecule has 27 heavy (non-hydrogen) atoms. The summed E-state index contributed by atoms with van der Waals surface area (Å²) in [6, 6.07) is 2.99. The number of alkyl halides is 3. The number of nitrogens with zero attached hydrogens (tertiary/aromatic N) is 1. The van der Waals surface area contributed by atoms with Crippen LogP contribution in [0.3, 0.4) is 0 Å². The second kappa shape index (κ2) is 6.80. The molecular formula is C17H8F6INO2. The van der Waals surface area contributed by atoms with Crippen LogP contribution in [0, 0.1) is 21.0 Å². The minimum Gasteiger partial charge on any atom is -0.295 e. The Balaban J connectivity index is 2.24. The number of hydrogen-bond acceptors (Lipinski definition) is 2. The van der Waals surface area contributed by atoms with Gasteiger partial charge in [-0.2, -0.15) is 13.2 Å². The minimum absolute atomic E-state index is 0.102. The highest BCUT2D eigenvalue weighted by Crippen LogP contribution is 2.41. The molecule has 0 aliphatic carbocycles. The average molecular weight is 499 g/mol. The van der Waals surface area contributed by atoms with Crippen LogP contribution in [0.15, 0.2) is 30.3 Å². The van der Waals surface area contributed by atoms with Gasteiger partial charge in [-0.15, -0.1) is 0 Å². The fraction of sp³-hybridized carbons (Fsp3) is 0.176. The van der Waals surface area contributed by atoms with Crippen LogP contribution < -0.4 is 4.90 Å². The van der Waals surface area contributed by atoms with Crippen LogP contribution in [0.1, 0.15) is 27.1 Å². The number of ketones is 1. The van der Waals surface area contributed by atoms with Gasteiger partial charge in [-0.3, -0.25) is 14.5 Å². The van der Waals surface area contributed by atoms with E-state index in [9.17, 15) is 35.9 Å². The predicted octanol–water partition coefficient (Wildman–Crippen LogP) is 4.87. The standard InChI is InChI=1S/C17H8F6INO2/c18-9-5-10-13(15(20)14(9)19)11(26)6-12(17(21,22)23)25(10)16(27)7-1-3-8(24)4-2-7/h1-5,12H,6H2. The third-order valence-corrected chi connectivity index (χ3v) is 4.78. The Bertz CT molecular complexity index is 942. The van der Waals surface area contributed by atoms with Gasteiger partial charge in [0.2, 0.25) is 0 Å². The first-order chi connectivity index (χ1) is 12.5. The van der Waals surface area contributed by atoms with Crippen LogP contribution in [-0.2, 0) is 0 Å². The van der Waals surface area contributed by atoms with Crippen molar-refractivity contribution in [3.05, 3.63) is 62.5 Å². The van der Waals surface area contributed by atoms with Crippen molar-refractivity contribution in [3.8, 4) is 0 Å². The number of fused-ring (bicyclic) bond motifs is 1. The lowest BCUT2D eigenvalue weighted by atomic mass is 9.92. The molecule has 0 spiro atoms. The van der Waals surface area contributed by atoms with E-state index in [2.05, 4.69) is 0 Å². The van der Waals surface area contributed by atoms with Crippen molar-refractivity contribution in [2.75, 3.05) is 4.90 Å². The van der Waals surface area contributed by atoms with E-state index in [4.69, 9.17) is 0 Å². The summed E-state index contributed by atoms with van der Waals surface area (Å²) in [4.78, 5) is 24.8. The van der Waals surface area contributed by atoms with Crippen LogP contribution in [-0.4, -0.2) is 23.9 Å². The number of rotatable bonds is 1. The number of anilines is 1. The first kappa shape index (κ1) is 19.6. The molecule has 1 heterocycles. The summed E-state index contributed by atoms with van der Waals surface area (Å²) in [7, 11) is 0. The van der Waals surface area contributed by atoms with Crippen LogP contribution >= 0.6 is 22.6 Å². The van der Waals surface area contributed by atoms with Crippen molar-refractivity contribution in [1.82, 2.24) is 0 Å². The number of halogens is 7. The van der Waals surface area contributed by atoms with E-state index in [1.54, 1.807) is 0 Å². The van der Waals surface area contributed by atoms with E-state index in [1.807, 2.05) is 22.6 Å². The molecule has 1 atom stereocenters. The maximum Gasteiger partial charge on any atom is 0.409 e. The lowest BCUT2D eigenvalue weighted by Crippen LogP contribution is -2.53. The number of carbonyl (C=O) groups excluding carboxylic acids is 2. The molecule has 1 unspecified atom stereocenters. The second-order valence-electron chi connectivity index (χ2n) is 5.75. The molecule has 0 bridgehead atoms. The fourth-order valence-corrected chi connectivity index (χ4v) is 3.18. The largest absolute Gasteiger partial charge is 0.409 e. The zero-order valence-electron chi connectivity index (χ0n) is 13.1. The SMILES string of the molecule is O=C1CC(C(F)(F)F)N(C(=O)c2ccc(I)cc2)c2cc(F)c(F)c(F)c21. The van der Waals surface area contributed by atoms with E-state index in [-0.39, 0.29) is 16.5 Å². The zero-order valence-corrected chi connectivity index (χ0v) is 15.2. The Morgan fingerprint density at radius 1 is 1.07 bits per heavy atom. The quantitative estimate of drug-likeness (QED) is 0.319. The smallest absolute Gasteiger partial charge is 0.295 e. The number of hydrogen-bond donors (Lipinski definition) is 0. The fourth-order valence-electron chi connectivity index (χ4n) is 2.82. The summed E-state index contributed by atoms with van der Waals surface area (Å²) >= 11 is 1.92. The molecule has 0 fully saturated rings. The molecule has 0 radical (unpaired) electrons. The van der Waals surface area contributed by atoms with Gasteiger partial charge in [-0.25, -0.2) is 13.2 Å². The molecule has 1 amide bonds. The first-order valence-electron chi connectivity index (χ1n) is 7.39. The summed E-state index contributed by atoms with van der Waals surface area (Å²) in [5.74, 6) is -8.30. The minimum atomic E-state index is -5.05. The van der Waals surface area contributed by atoms with Crippen molar-refractivity contribution >= 4 is 40.0 Å². The molecule has 0 aromatic heterocycles. The molecule has 142 valence electrons. The Hall–Kier alpha value is -2.11. The first-order valence-corrected chi connectivity index (χ1v) is 8.46. The second-order valence-corrected chi connectivity index (χ2v) is 6.99. The van der Waals surface area contributed by atoms with Crippen molar-refractivity contribution < 1.29 is 35.9 Å². The van der Waals surface area contributed by atoms with Crippen LogP contribution in [0.2, 0.25) is 0 Å². The van der Waals surface area contributed by atoms with Crippen LogP contribution in [0.25, 0.3) is 0 Å². The molecular weight excluding hydrogens is 491 g/mol. The number of benzene rings is 2. The number of Topliss-reactive ketones (excluding diaryl/α,β-unsaturated/α-hetero) is 1. The Morgan fingerprint density at radius 2 is 1.67 bits per heavy atom. The highest BCUT2D eigenvalue weighted by Gasteiger charge is 2.51. The Morgan fingerprint density at radius 3 is 2.22 bits per heavy atom. The monoisotopic (exact) mass is 499 g/mol. The predicted molar refractivity (Wildman–Crippen MR) is 91.1 cm³/mol. The highest BCUT2D eigenvalue weighted by molar-refractivity contribution is 14.1. The normalized spacial score (nSPS) is 17.1.